The molecule has 2 nitrogen and oxygen atoms in total. The van der Waals surface area contributed by atoms with E-state index >= 15 is 0 Å². The monoisotopic (exact) mass is 234 g/mol. The number of rotatable bonds is 8. The smallest absolute Gasteiger partial charge is 0.0363 e. The van der Waals surface area contributed by atoms with Gasteiger partial charge in [-0.1, -0.05) is 31.9 Å². The fourth-order valence-corrected chi connectivity index (χ4v) is 1.96. The van der Waals surface area contributed by atoms with Gasteiger partial charge in [0.1, 0.15) is 0 Å². The van der Waals surface area contributed by atoms with Crippen molar-refractivity contribution in [1.29, 1.82) is 0 Å². The number of aryl methyl sites for hydroxylation is 1. The lowest BCUT2D eigenvalue weighted by Crippen LogP contribution is -2.18. The van der Waals surface area contributed by atoms with Gasteiger partial charge in [-0.15, -0.1) is 0 Å². The van der Waals surface area contributed by atoms with Crippen molar-refractivity contribution in [2.24, 2.45) is 5.73 Å². The molecule has 0 saturated heterocycles. The van der Waals surface area contributed by atoms with Gasteiger partial charge in [-0.3, -0.25) is 0 Å². The van der Waals surface area contributed by atoms with Crippen LogP contribution in [0.2, 0.25) is 0 Å². The van der Waals surface area contributed by atoms with Crippen LogP contribution in [0.1, 0.15) is 38.2 Å². The van der Waals surface area contributed by atoms with Gasteiger partial charge in [0.05, 0.1) is 0 Å². The number of unbranched alkanes of at least 4 members (excludes halogenated alkanes) is 3. The lowest BCUT2D eigenvalue weighted by molar-refractivity contribution is 0.643. The molecule has 1 aromatic rings. The molecule has 2 N–H and O–H groups in total. The molecule has 96 valence electrons. The molecule has 0 spiro atoms. The van der Waals surface area contributed by atoms with Crippen molar-refractivity contribution < 1.29 is 0 Å². The molecule has 1 aromatic carbocycles. The third-order valence-corrected chi connectivity index (χ3v) is 3.23. The molecule has 1 rings (SSSR count). The molecule has 0 fully saturated rings. The van der Waals surface area contributed by atoms with E-state index < -0.39 is 0 Å². The van der Waals surface area contributed by atoms with Gasteiger partial charge in [-0.05, 0) is 43.5 Å². The van der Waals surface area contributed by atoms with Gasteiger partial charge in [-0.2, -0.15) is 0 Å². The fourth-order valence-electron chi connectivity index (χ4n) is 1.96. The minimum Gasteiger partial charge on any atom is -0.375 e. The van der Waals surface area contributed by atoms with Crippen molar-refractivity contribution in [3.8, 4) is 0 Å². The molecule has 0 aliphatic carbocycles. The molecule has 0 aromatic heterocycles. The van der Waals surface area contributed by atoms with E-state index in [-0.39, 0.29) is 0 Å². The molecule has 0 aliphatic heterocycles. The second kappa shape index (κ2) is 8.13. The number of nitrogens with zero attached hydrogens (tertiary/aromatic N) is 1. The third-order valence-electron chi connectivity index (χ3n) is 3.23. The molecule has 0 radical (unpaired) electrons. The molecule has 0 unspecified atom stereocenters. The zero-order valence-corrected chi connectivity index (χ0v) is 11.3. The maximum Gasteiger partial charge on any atom is 0.0363 e. The maximum atomic E-state index is 5.48. The average Bonchev–Trinajstić information content (AvgIpc) is 2.38. The molecule has 0 heterocycles. The predicted octanol–water partition coefficient (Wildman–Crippen LogP) is 3.20. The van der Waals surface area contributed by atoms with Crippen LogP contribution in [0.4, 0.5) is 5.69 Å². The predicted molar refractivity (Wildman–Crippen MR) is 76.6 cm³/mol. The van der Waals surface area contributed by atoms with E-state index in [0.29, 0.717) is 0 Å². The highest BCUT2D eigenvalue weighted by Gasteiger charge is 2.00. The van der Waals surface area contributed by atoms with Crippen molar-refractivity contribution in [3.63, 3.8) is 0 Å². The first-order chi connectivity index (χ1) is 8.27. The van der Waals surface area contributed by atoms with Gasteiger partial charge < -0.3 is 10.6 Å². The second-order valence-corrected chi connectivity index (χ2v) is 4.64. The summed E-state index contributed by atoms with van der Waals surface area (Å²) in [6.45, 7) is 4.15. The lowest BCUT2D eigenvalue weighted by Gasteiger charge is -2.19. The summed E-state index contributed by atoms with van der Waals surface area (Å²) < 4.78 is 0. The van der Waals surface area contributed by atoms with Crippen LogP contribution in [0, 0.1) is 0 Å². The Hall–Kier alpha value is -1.02. The summed E-state index contributed by atoms with van der Waals surface area (Å²) in [5.41, 5.74) is 8.21. The Balaban J connectivity index is 2.28. The number of hydrogen-bond donors (Lipinski definition) is 1. The summed E-state index contributed by atoms with van der Waals surface area (Å²) in [7, 11) is 2.17. The molecular weight excluding hydrogens is 208 g/mol. The van der Waals surface area contributed by atoms with Gasteiger partial charge in [0.15, 0.2) is 0 Å². The second-order valence-electron chi connectivity index (χ2n) is 4.64. The number of benzene rings is 1. The Morgan fingerprint density at radius 1 is 1.00 bits per heavy atom. The van der Waals surface area contributed by atoms with E-state index in [9.17, 15) is 0 Å². The van der Waals surface area contributed by atoms with Crippen molar-refractivity contribution in [3.05, 3.63) is 29.8 Å². The summed E-state index contributed by atoms with van der Waals surface area (Å²) >= 11 is 0. The molecule has 17 heavy (non-hydrogen) atoms. The normalized spacial score (nSPS) is 10.5. The van der Waals surface area contributed by atoms with Crippen molar-refractivity contribution in [2.75, 3.05) is 25.0 Å². The van der Waals surface area contributed by atoms with Crippen LogP contribution in [0.15, 0.2) is 24.3 Å². The largest absolute Gasteiger partial charge is 0.375 e. The van der Waals surface area contributed by atoms with Crippen molar-refractivity contribution >= 4 is 5.69 Å². The molecule has 0 saturated carbocycles. The number of hydrogen-bond acceptors (Lipinski definition) is 2. The molecule has 0 amide bonds. The third kappa shape index (κ3) is 5.22. The summed E-state index contributed by atoms with van der Waals surface area (Å²) in [5, 5.41) is 0. The van der Waals surface area contributed by atoms with E-state index in [4.69, 9.17) is 5.73 Å². The molecule has 0 atom stereocenters. The summed E-state index contributed by atoms with van der Waals surface area (Å²) in [6, 6.07) is 8.89. The van der Waals surface area contributed by atoms with Crippen LogP contribution in [-0.2, 0) is 6.42 Å². The van der Waals surface area contributed by atoms with Gasteiger partial charge in [0.2, 0.25) is 0 Å². The Kier molecular flexibility index (Phi) is 6.71. The van der Waals surface area contributed by atoms with Gasteiger partial charge in [0, 0.05) is 19.3 Å². The first-order valence-electron chi connectivity index (χ1n) is 6.78. The van der Waals surface area contributed by atoms with E-state index in [1.54, 1.807) is 0 Å². The first kappa shape index (κ1) is 14.0. The minimum atomic E-state index is 0.828. The topological polar surface area (TPSA) is 29.3 Å². The Morgan fingerprint density at radius 3 is 2.24 bits per heavy atom. The van der Waals surface area contributed by atoms with Gasteiger partial charge in [-0.25, -0.2) is 0 Å². The van der Waals surface area contributed by atoms with Crippen LogP contribution < -0.4 is 10.6 Å². The molecule has 0 bridgehead atoms. The maximum absolute atomic E-state index is 5.48. The quantitative estimate of drug-likeness (QED) is 0.700. The van der Waals surface area contributed by atoms with Crippen molar-refractivity contribution in [2.45, 2.75) is 39.0 Å². The minimum absolute atomic E-state index is 0.828. The van der Waals surface area contributed by atoms with E-state index in [1.807, 2.05) is 0 Å². The first-order valence-corrected chi connectivity index (χ1v) is 6.78. The van der Waals surface area contributed by atoms with Crippen LogP contribution in [0.5, 0.6) is 0 Å². The average molecular weight is 234 g/mol. The van der Waals surface area contributed by atoms with Gasteiger partial charge in [0.25, 0.3) is 0 Å². The lowest BCUT2D eigenvalue weighted by atomic mass is 10.1. The summed E-state index contributed by atoms with van der Waals surface area (Å²) in [4.78, 5) is 2.34. The zero-order chi connectivity index (χ0) is 12.5. The standard InChI is InChI=1S/C15H26N2/c1-3-14-8-10-15(11-9-14)17(2)13-7-5-4-6-12-16/h8-11H,3-7,12-13,16H2,1-2H3. The Bertz CT molecular complexity index is 292. The molecular formula is C15H26N2. The number of nitrogens with two attached hydrogens (primary N) is 1. The van der Waals surface area contributed by atoms with Crippen LogP contribution in [0.3, 0.4) is 0 Å². The van der Waals surface area contributed by atoms with Crippen LogP contribution in [-0.4, -0.2) is 20.1 Å². The van der Waals surface area contributed by atoms with Crippen molar-refractivity contribution in [1.82, 2.24) is 0 Å². The Labute approximate surface area is 106 Å². The van der Waals surface area contributed by atoms with E-state index in [0.717, 1.165) is 25.9 Å². The Morgan fingerprint density at radius 2 is 1.65 bits per heavy atom. The fraction of sp³-hybridized carbons (Fsp3) is 0.600. The summed E-state index contributed by atoms with van der Waals surface area (Å²) in [5.74, 6) is 0. The van der Waals surface area contributed by atoms with E-state index in [2.05, 4.69) is 43.1 Å². The highest BCUT2D eigenvalue weighted by atomic mass is 15.1. The summed E-state index contributed by atoms with van der Waals surface area (Å²) in [6.07, 6.45) is 6.08. The molecule has 2 heteroatoms. The zero-order valence-electron chi connectivity index (χ0n) is 11.3. The number of anilines is 1. The SMILES string of the molecule is CCc1ccc(N(C)CCCCCCN)cc1. The van der Waals surface area contributed by atoms with Gasteiger partial charge >= 0.3 is 0 Å². The highest BCUT2D eigenvalue weighted by Crippen LogP contribution is 2.15. The van der Waals surface area contributed by atoms with Crippen LogP contribution in [0.25, 0.3) is 0 Å². The highest BCUT2D eigenvalue weighted by molar-refractivity contribution is 5.46. The molecule has 0 aliphatic rings. The van der Waals surface area contributed by atoms with E-state index in [1.165, 1.54) is 30.5 Å². The van der Waals surface area contributed by atoms with Crippen LogP contribution >= 0.6 is 0 Å².